The number of ether oxygens (including phenoxy) is 2. The number of nitrogens with zero attached hydrogens (tertiary/aromatic N) is 2. The zero-order valence-corrected chi connectivity index (χ0v) is 15.6. The Morgan fingerprint density at radius 2 is 1.89 bits per heavy atom. The SMILES string of the molecule is CCOc1ccc(-c2nc(-c3ccc(C4(O)COC4)cc3)no2)cc1C(C)=O. The molecule has 4 rings (SSSR count). The summed E-state index contributed by atoms with van der Waals surface area (Å²) < 4.78 is 16.0. The highest BCUT2D eigenvalue weighted by Gasteiger charge is 2.37. The van der Waals surface area contributed by atoms with Crippen molar-refractivity contribution in [3.63, 3.8) is 0 Å². The molecule has 0 spiro atoms. The Kier molecular flexibility index (Phi) is 4.70. The van der Waals surface area contributed by atoms with E-state index in [-0.39, 0.29) is 5.78 Å². The van der Waals surface area contributed by atoms with Gasteiger partial charge in [0, 0.05) is 11.1 Å². The molecule has 7 nitrogen and oxygen atoms in total. The second kappa shape index (κ2) is 7.18. The summed E-state index contributed by atoms with van der Waals surface area (Å²) in [6.45, 7) is 4.43. The molecule has 0 aliphatic carbocycles. The van der Waals surface area contributed by atoms with Gasteiger partial charge in [-0.2, -0.15) is 4.98 Å². The third kappa shape index (κ3) is 3.30. The van der Waals surface area contributed by atoms with Crippen LogP contribution in [0.3, 0.4) is 0 Å². The van der Waals surface area contributed by atoms with Crippen LogP contribution >= 0.6 is 0 Å². The van der Waals surface area contributed by atoms with Gasteiger partial charge < -0.3 is 19.1 Å². The summed E-state index contributed by atoms with van der Waals surface area (Å²) >= 11 is 0. The predicted octanol–water partition coefficient (Wildman–Crippen LogP) is 3.22. The normalized spacial score (nSPS) is 15.1. The van der Waals surface area contributed by atoms with Crippen LogP contribution in [0.5, 0.6) is 5.75 Å². The number of benzene rings is 2. The highest BCUT2D eigenvalue weighted by atomic mass is 16.5. The van der Waals surface area contributed by atoms with Gasteiger partial charge in [-0.3, -0.25) is 4.79 Å². The minimum absolute atomic E-state index is 0.0986. The summed E-state index contributed by atoms with van der Waals surface area (Å²) in [6.07, 6.45) is 0. The summed E-state index contributed by atoms with van der Waals surface area (Å²) in [6, 6.07) is 12.5. The molecule has 0 radical (unpaired) electrons. The topological polar surface area (TPSA) is 94.7 Å². The van der Waals surface area contributed by atoms with E-state index >= 15 is 0 Å². The van der Waals surface area contributed by atoms with E-state index in [1.165, 1.54) is 6.92 Å². The highest BCUT2D eigenvalue weighted by molar-refractivity contribution is 5.97. The second-order valence-corrected chi connectivity index (χ2v) is 6.73. The molecule has 1 aliphatic heterocycles. The van der Waals surface area contributed by atoms with Crippen molar-refractivity contribution in [3.05, 3.63) is 53.6 Å². The molecule has 1 saturated heterocycles. The molecule has 1 aliphatic rings. The molecular formula is C21H20N2O5. The van der Waals surface area contributed by atoms with Crippen LogP contribution in [-0.4, -0.2) is 40.9 Å². The first-order chi connectivity index (χ1) is 13.5. The van der Waals surface area contributed by atoms with Crippen LogP contribution in [0.4, 0.5) is 0 Å². The molecule has 144 valence electrons. The molecule has 1 N–H and O–H groups in total. The first-order valence-corrected chi connectivity index (χ1v) is 9.03. The summed E-state index contributed by atoms with van der Waals surface area (Å²) in [4.78, 5) is 16.4. The maximum Gasteiger partial charge on any atom is 0.258 e. The quantitative estimate of drug-likeness (QED) is 0.656. The molecule has 0 amide bonds. The van der Waals surface area contributed by atoms with E-state index in [1.807, 2.05) is 31.2 Å². The molecule has 2 heterocycles. The van der Waals surface area contributed by atoms with E-state index in [0.717, 1.165) is 11.1 Å². The van der Waals surface area contributed by atoms with Gasteiger partial charge in [-0.1, -0.05) is 29.4 Å². The molecule has 0 bridgehead atoms. The van der Waals surface area contributed by atoms with Gasteiger partial charge >= 0.3 is 0 Å². The van der Waals surface area contributed by atoms with E-state index in [4.69, 9.17) is 14.0 Å². The Hall–Kier alpha value is -3.03. The van der Waals surface area contributed by atoms with E-state index in [9.17, 15) is 9.90 Å². The van der Waals surface area contributed by atoms with Gasteiger partial charge in [0.15, 0.2) is 5.78 Å². The Labute approximate surface area is 161 Å². The average molecular weight is 380 g/mol. The minimum Gasteiger partial charge on any atom is -0.493 e. The van der Waals surface area contributed by atoms with Crippen LogP contribution in [-0.2, 0) is 10.3 Å². The minimum atomic E-state index is -0.910. The molecular weight excluding hydrogens is 360 g/mol. The maximum absolute atomic E-state index is 11.9. The number of carbonyl (C=O) groups is 1. The lowest BCUT2D eigenvalue weighted by Gasteiger charge is -2.36. The fraction of sp³-hybridized carbons (Fsp3) is 0.286. The van der Waals surface area contributed by atoms with Gasteiger partial charge in [0.25, 0.3) is 5.89 Å². The lowest BCUT2D eigenvalue weighted by molar-refractivity contribution is -0.184. The van der Waals surface area contributed by atoms with Gasteiger partial charge in [0.1, 0.15) is 11.4 Å². The number of hydrogen-bond donors (Lipinski definition) is 1. The summed E-state index contributed by atoms with van der Waals surface area (Å²) in [7, 11) is 0. The predicted molar refractivity (Wildman–Crippen MR) is 101 cm³/mol. The van der Waals surface area contributed by atoms with E-state index in [1.54, 1.807) is 18.2 Å². The number of ketones is 1. The van der Waals surface area contributed by atoms with Gasteiger partial charge in [-0.05, 0) is 37.6 Å². The third-order valence-electron chi connectivity index (χ3n) is 4.69. The average Bonchev–Trinajstić information content (AvgIpc) is 3.17. The van der Waals surface area contributed by atoms with Crippen LogP contribution in [0, 0.1) is 0 Å². The fourth-order valence-electron chi connectivity index (χ4n) is 3.07. The highest BCUT2D eigenvalue weighted by Crippen LogP contribution is 2.31. The Bertz CT molecular complexity index is 1010. The van der Waals surface area contributed by atoms with Crippen molar-refractivity contribution >= 4 is 5.78 Å². The number of hydrogen-bond acceptors (Lipinski definition) is 7. The molecule has 0 atom stereocenters. The van der Waals surface area contributed by atoms with Crippen molar-refractivity contribution in [2.45, 2.75) is 19.4 Å². The number of rotatable bonds is 6. The first-order valence-electron chi connectivity index (χ1n) is 9.03. The van der Waals surface area contributed by atoms with E-state index in [0.29, 0.717) is 48.4 Å². The largest absolute Gasteiger partial charge is 0.493 e. The Morgan fingerprint density at radius 3 is 2.50 bits per heavy atom. The number of Topliss-reactive ketones (excluding diaryl/α,β-unsaturated/α-hetero) is 1. The lowest BCUT2D eigenvalue weighted by atomic mass is 9.91. The molecule has 7 heteroatoms. The van der Waals surface area contributed by atoms with E-state index < -0.39 is 5.60 Å². The summed E-state index contributed by atoms with van der Waals surface area (Å²) in [5.41, 5.74) is 1.76. The monoisotopic (exact) mass is 380 g/mol. The van der Waals surface area contributed by atoms with Crippen molar-refractivity contribution in [3.8, 4) is 28.6 Å². The van der Waals surface area contributed by atoms with Crippen molar-refractivity contribution < 1.29 is 23.9 Å². The van der Waals surface area contributed by atoms with Crippen molar-refractivity contribution in [2.24, 2.45) is 0 Å². The Balaban J connectivity index is 1.61. The van der Waals surface area contributed by atoms with Crippen LogP contribution in [0.25, 0.3) is 22.8 Å². The van der Waals surface area contributed by atoms with Gasteiger partial charge in [0.2, 0.25) is 5.82 Å². The van der Waals surface area contributed by atoms with Gasteiger partial charge in [-0.25, -0.2) is 0 Å². The molecule has 28 heavy (non-hydrogen) atoms. The first kappa shape index (κ1) is 18.3. The fourth-order valence-corrected chi connectivity index (χ4v) is 3.07. The summed E-state index contributed by atoms with van der Waals surface area (Å²) in [5, 5.41) is 14.3. The summed E-state index contributed by atoms with van der Waals surface area (Å²) in [5.74, 6) is 1.18. The molecule has 2 aromatic carbocycles. The van der Waals surface area contributed by atoms with E-state index in [2.05, 4.69) is 10.1 Å². The second-order valence-electron chi connectivity index (χ2n) is 6.73. The smallest absolute Gasteiger partial charge is 0.258 e. The zero-order valence-electron chi connectivity index (χ0n) is 15.6. The Morgan fingerprint density at radius 1 is 1.18 bits per heavy atom. The molecule has 0 saturated carbocycles. The van der Waals surface area contributed by atoms with Crippen molar-refractivity contribution in [1.29, 1.82) is 0 Å². The van der Waals surface area contributed by atoms with Crippen molar-refractivity contribution in [2.75, 3.05) is 19.8 Å². The van der Waals surface area contributed by atoms with Crippen LogP contribution in [0.2, 0.25) is 0 Å². The maximum atomic E-state index is 11.9. The molecule has 1 fully saturated rings. The van der Waals surface area contributed by atoms with Crippen molar-refractivity contribution in [1.82, 2.24) is 10.1 Å². The lowest BCUT2D eigenvalue weighted by Crippen LogP contribution is -2.46. The molecule has 3 aromatic rings. The molecule has 0 unspecified atom stereocenters. The number of aliphatic hydroxyl groups is 1. The van der Waals surface area contributed by atoms with Gasteiger partial charge in [0.05, 0.1) is 25.4 Å². The standard InChI is InChI=1S/C21H20N2O5/c1-3-27-18-9-6-15(10-17(18)13(2)24)20-22-19(23-28-20)14-4-7-16(8-5-14)21(25)11-26-12-21/h4-10,25H,3,11-12H2,1-2H3. The molecule has 1 aromatic heterocycles. The number of carbonyl (C=O) groups excluding carboxylic acids is 1. The van der Waals surface area contributed by atoms with Crippen LogP contribution < -0.4 is 4.74 Å². The van der Waals surface area contributed by atoms with Crippen LogP contribution in [0.15, 0.2) is 47.0 Å². The van der Waals surface area contributed by atoms with Crippen LogP contribution in [0.1, 0.15) is 29.8 Å². The number of aromatic nitrogens is 2. The van der Waals surface area contributed by atoms with Gasteiger partial charge in [-0.15, -0.1) is 0 Å². The third-order valence-corrected chi connectivity index (χ3v) is 4.69. The zero-order chi connectivity index (χ0) is 19.7.